The van der Waals surface area contributed by atoms with Crippen molar-refractivity contribution < 1.29 is 24.6 Å². The molecule has 3 aromatic rings. The molecule has 12 heteroatoms. The second-order valence-corrected chi connectivity index (χ2v) is 6.83. The van der Waals surface area contributed by atoms with E-state index in [0.717, 1.165) is 0 Å². The number of aromatic carboxylic acids is 1. The summed E-state index contributed by atoms with van der Waals surface area (Å²) in [4.78, 5) is 51.7. The maximum atomic E-state index is 12.4. The third-order valence-electron chi connectivity index (χ3n) is 4.63. The van der Waals surface area contributed by atoms with E-state index in [2.05, 4.69) is 19.9 Å². The van der Waals surface area contributed by atoms with Crippen LogP contribution in [0.4, 0.5) is 11.8 Å². The van der Waals surface area contributed by atoms with Crippen molar-refractivity contribution in [3.63, 3.8) is 0 Å². The van der Waals surface area contributed by atoms with Crippen molar-refractivity contribution in [2.45, 2.75) is 25.2 Å². The second-order valence-electron chi connectivity index (χ2n) is 6.83. The molecule has 0 saturated carbocycles. The molecular weight excluding hydrogens is 415 g/mol. The van der Waals surface area contributed by atoms with Crippen LogP contribution in [-0.2, 0) is 21.4 Å². The molecule has 0 aliphatic rings. The number of carbonyl (C=O) groups excluding carboxylic acids is 1. The van der Waals surface area contributed by atoms with E-state index in [-0.39, 0.29) is 87.9 Å². The Labute approximate surface area is 198 Å². The van der Waals surface area contributed by atoms with E-state index in [4.69, 9.17) is 16.6 Å². The number of rotatable bonds is 7. The van der Waals surface area contributed by atoms with Crippen molar-refractivity contribution in [2.24, 2.45) is 0 Å². The Balaban J connectivity index is 0.00000341. The summed E-state index contributed by atoms with van der Waals surface area (Å²) in [5.74, 6) is -2.85. The molecule has 2 aromatic heterocycles. The third kappa shape index (κ3) is 4.95. The Bertz CT molecular complexity index is 1170. The number of benzene rings is 1. The van der Waals surface area contributed by atoms with Gasteiger partial charge in [0, 0.05) is 12.8 Å². The van der Waals surface area contributed by atoms with Gasteiger partial charge in [0.15, 0.2) is 17.0 Å². The zero-order chi connectivity index (χ0) is 22.1. The van der Waals surface area contributed by atoms with Crippen LogP contribution in [0.5, 0.6) is 0 Å². The van der Waals surface area contributed by atoms with Crippen LogP contribution in [0.1, 0.15) is 35.0 Å². The van der Waals surface area contributed by atoms with Gasteiger partial charge in [0.25, 0.3) is 0 Å². The van der Waals surface area contributed by atoms with Crippen LogP contribution in [0.15, 0.2) is 30.5 Å². The van der Waals surface area contributed by atoms with Crippen molar-refractivity contribution in [2.75, 3.05) is 11.5 Å². The molecule has 0 bridgehead atoms. The van der Waals surface area contributed by atoms with Crippen molar-refractivity contribution in [1.29, 1.82) is 0 Å². The fourth-order valence-electron chi connectivity index (χ4n) is 3.28. The number of hydrogen-bond acceptors (Lipinski definition) is 9. The molecule has 11 nitrogen and oxygen atoms in total. The molecule has 0 fully saturated rings. The molecule has 0 aliphatic carbocycles. The van der Waals surface area contributed by atoms with Gasteiger partial charge < -0.3 is 21.7 Å². The fourth-order valence-corrected chi connectivity index (χ4v) is 3.28. The number of nitrogens with two attached hydrogens (primary N) is 2. The molecule has 0 amide bonds. The number of aromatic nitrogens is 4. The number of hydrogen-bond donors (Lipinski definition) is 4. The average Bonchev–Trinajstić information content (AvgIpc) is 2.67. The Morgan fingerprint density at radius 1 is 1.03 bits per heavy atom. The minimum atomic E-state index is -1.69. The summed E-state index contributed by atoms with van der Waals surface area (Å²) >= 11 is 0. The molecule has 1 aromatic carbocycles. The first-order chi connectivity index (χ1) is 14.1. The Morgan fingerprint density at radius 2 is 1.68 bits per heavy atom. The Kier molecular flexibility index (Phi) is 7.26. The number of nitrogen functional groups attached to an aromatic ring is 2. The van der Waals surface area contributed by atoms with Gasteiger partial charge in [-0.15, -0.1) is 0 Å². The Morgan fingerprint density at radius 3 is 2.23 bits per heavy atom. The SMILES string of the molecule is CC(=O)CC(Cc1cnc2nc(N)nc(N)c2n1)(C(=O)O)c1ccc(C(=O)O)cc1.[NaH]. The number of anilines is 2. The molecular formula is C19H19N6NaO5. The molecule has 1 atom stereocenters. The molecule has 0 spiro atoms. The number of Topliss-reactive ketones (excluding diaryl/α,β-unsaturated/α-hetero) is 1. The molecule has 1 unspecified atom stereocenters. The maximum absolute atomic E-state index is 12.4. The Hall–Kier alpha value is -3.15. The van der Waals surface area contributed by atoms with Gasteiger partial charge in [-0.05, 0) is 24.6 Å². The standard InChI is InChI=1S/C19H18N6O5.Na.H/c1-9(26)6-19(17(29)30,11-4-2-10(3-5-11)16(27)28)7-12-8-22-15-13(23-12)14(20)24-18(21)25-15;;/h2-5,8H,6-7H2,1H3,(H,27,28)(H,29,30)(H4,20,21,22,24,25);;. The number of carboxylic acid groups (broad SMARTS) is 2. The van der Waals surface area contributed by atoms with Crippen LogP contribution < -0.4 is 11.5 Å². The number of ketones is 1. The molecule has 0 saturated heterocycles. The summed E-state index contributed by atoms with van der Waals surface area (Å²) in [6.45, 7) is 1.28. The zero-order valence-electron chi connectivity index (χ0n) is 15.9. The first-order valence-electron chi connectivity index (χ1n) is 8.73. The van der Waals surface area contributed by atoms with Crippen molar-refractivity contribution >= 4 is 70.2 Å². The molecule has 6 N–H and O–H groups in total. The van der Waals surface area contributed by atoms with E-state index in [1.807, 2.05) is 0 Å². The normalized spacial score (nSPS) is 12.5. The van der Waals surface area contributed by atoms with Gasteiger partial charge in [-0.25, -0.2) is 14.8 Å². The number of nitrogens with zero attached hydrogens (tertiary/aromatic N) is 4. The molecule has 3 rings (SSSR count). The second kappa shape index (κ2) is 9.33. The first kappa shape index (κ1) is 24.1. The average molecular weight is 434 g/mol. The van der Waals surface area contributed by atoms with E-state index in [0.29, 0.717) is 0 Å². The van der Waals surface area contributed by atoms with Crippen molar-refractivity contribution in [3.05, 3.63) is 47.3 Å². The first-order valence-corrected chi connectivity index (χ1v) is 8.73. The quantitative estimate of drug-likeness (QED) is 0.370. The van der Waals surface area contributed by atoms with Crippen LogP contribution in [0.2, 0.25) is 0 Å². The van der Waals surface area contributed by atoms with Crippen molar-refractivity contribution in [1.82, 2.24) is 19.9 Å². The topological polar surface area (TPSA) is 195 Å². The van der Waals surface area contributed by atoms with Crippen LogP contribution >= 0.6 is 0 Å². The van der Waals surface area contributed by atoms with Crippen LogP contribution in [0.3, 0.4) is 0 Å². The number of carbonyl (C=O) groups is 3. The summed E-state index contributed by atoms with van der Waals surface area (Å²) in [5.41, 5.74) is 10.5. The summed E-state index contributed by atoms with van der Waals surface area (Å²) in [7, 11) is 0. The molecule has 156 valence electrons. The molecule has 2 heterocycles. The number of carboxylic acids is 2. The van der Waals surface area contributed by atoms with E-state index >= 15 is 0 Å². The summed E-state index contributed by atoms with van der Waals surface area (Å²) in [5, 5.41) is 19.2. The van der Waals surface area contributed by atoms with Gasteiger partial charge in [-0.1, -0.05) is 12.1 Å². The van der Waals surface area contributed by atoms with Crippen LogP contribution in [0, 0.1) is 0 Å². The number of fused-ring (bicyclic) bond motifs is 1. The molecule has 31 heavy (non-hydrogen) atoms. The summed E-state index contributed by atoms with van der Waals surface area (Å²) in [6, 6.07) is 5.34. The van der Waals surface area contributed by atoms with Crippen LogP contribution in [-0.4, -0.2) is 77.4 Å². The van der Waals surface area contributed by atoms with Gasteiger partial charge in [0.05, 0.1) is 17.5 Å². The summed E-state index contributed by atoms with van der Waals surface area (Å²) in [6.07, 6.45) is 0.806. The number of aliphatic carboxylic acids is 1. The monoisotopic (exact) mass is 434 g/mol. The minimum absolute atomic E-state index is 0. The van der Waals surface area contributed by atoms with Crippen molar-refractivity contribution in [3.8, 4) is 0 Å². The zero-order valence-corrected chi connectivity index (χ0v) is 15.9. The van der Waals surface area contributed by atoms with Gasteiger partial charge >= 0.3 is 41.5 Å². The molecule has 0 aliphatic heterocycles. The van der Waals surface area contributed by atoms with E-state index in [9.17, 15) is 19.5 Å². The third-order valence-corrected chi connectivity index (χ3v) is 4.63. The molecule has 0 radical (unpaired) electrons. The predicted molar refractivity (Wildman–Crippen MR) is 113 cm³/mol. The van der Waals surface area contributed by atoms with E-state index in [1.54, 1.807) is 0 Å². The van der Waals surface area contributed by atoms with Crippen LogP contribution in [0.25, 0.3) is 11.2 Å². The van der Waals surface area contributed by atoms with Gasteiger partial charge in [-0.3, -0.25) is 9.59 Å². The van der Waals surface area contributed by atoms with E-state index in [1.165, 1.54) is 37.4 Å². The van der Waals surface area contributed by atoms with Gasteiger partial charge in [0.2, 0.25) is 5.95 Å². The van der Waals surface area contributed by atoms with Gasteiger partial charge in [0.1, 0.15) is 11.2 Å². The predicted octanol–water partition coefficient (Wildman–Crippen LogP) is 0.178. The fraction of sp³-hybridized carbons (Fsp3) is 0.211. The van der Waals surface area contributed by atoms with Gasteiger partial charge in [-0.2, -0.15) is 9.97 Å². The summed E-state index contributed by atoms with van der Waals surface area (Å²) < 4.78 is 0. The van der Waals surface area contributed by atoms with E-state index < -0.39 is 17.4 Å².